The van der Waals surface area contributed by atoms with Crippen LogP contribution in [0.15, 0.2) is 22.7 Å². The molecule has 0 bridgehead atoms. The van der Waals surface area contributed by atoms with Gasteiger partial charge < -0.3 is 5.32 Å². The molecule has 1 N–H and O–H groups in total. The number of halogens is 1. The Morgan fingerprint density at radius 3 is 2.87 bits per heavy atom. The Bertz CT molecular complexity index is 346. The van der Waals surface area contributed by atoms with Crippen LogP contribution in [0, 0.1) is 5.92 Å². The van der Waals surface area contributed by atoms with E-state index < -0.39 is 0 Å². The van der Waals surface area contributed by atoms with Crippen LogP contribution in [-0.4, -0.2) is 12.6 Å². The van der Waals surface area contributed by atoms with E-state index in [0.717, 1.165) is 12.5 Å². The van der Waals surface area contributed by atoms with Crippen LogP contribution in [0.2, 0.25) is 0 Å². The summed E-state index contributed by atoms with van der Waals surface area (Å²) in [5.74, 6) is 0.779. The van der Waals surface area contributed by atoms with Crippen LogP contribution in [0.5, 0.6) is 0 Å². The lowest BCUT2D eigenvalue weighted by Crippen LogP contribution is -2.29. The summed E-state index contributed by atoms with van der Waals surface area (Å²) in [6.07, 6.45) is 2.45. The summed E-state index contributed by atoms with van der Waals surface area (Å²) in [6, 6.07) is 7.14. The molecule has 0 aliphatic heterocycles. The van der Waals surface area contributed by atoms with Gasteiger partial charge in [0.15, 0.2) is 0 Å². The van der Waals surface area contributed by atoms with Gasteiger partial charge in [0.2, 0.25) is 0 Å². The Labute approximate surface area is 100 Å². The van der Waals surface area contributed by atoms with Gasteiger partial charge in [0.05, 0.1) is 0 Å². The molecule has 1 aliphatic carbocycles. The zero-order valence-electron chi connectivity index (χ0n) is 9.39. The lowest BCUT2D eigenvalue weighted by molar-refractivity contribution is 0.465. The van der Waals surface area contributed by atoms with Gasteiger partial charge in [0.1, 0.15) is 0 Å². The van der Waals surface area contributed by atoms with Crippen molar-refractivity contribution in [3.8, 4) is 0 Å². The van der Waals surface area contributed by atoms with Crippen LogP contribution < -0.4 is 5.32 Å². The number of nitrogens with one attached hydrogen (secondary N) is 1. The van der Waals surface area contributed by atoms with E-state index in [4.69, 9.17) is 0 Å². The minimum atomic E-state index is 0.595. The maximum atomic E-state index is 3.63. The molecule has 1 atom stereocenters. The maximum absolute atomic E-state index is 3.63. The van der Waals surface area contributed by atoms with E-state index in [-0.39, 0.29) is 0 Å². The Kier molecular flexibility index (Phi) is 3.47. The van der Waals surface area contributed by atoms with Crippen LogP contribution in [0.25, 0.3) is 0 Å². The van der Waals surface area contributed by atoms with E-state index in [2.05, 4.69) is 53.3 Å². The molecule has 0 aromatic heterocycles. The molecule has 0 saturated carbocycles. The lowest BCUT2D eigenvalue weighted by atomic mass is 10.1. The summed E-state index contributed by atoms with van der Waals surface area (Å²) in [4.78, 5) is 0. The molecular formula is C13H18BrN. The summed E-state index contributed by atoms with van der Waals surface area (Å²) < 4.78 is 1.28. The SMILES string of the molecule is CC(C)NCC1Cc2cccc(Br)c2C1. The van der Waals surface area contributed by atoms with Gasteiger partial charge in [0, 0.05) is 10.5 Å². The molecule has 1 nitrogen and oxygen atoms in total. The summed E-state index contributed by atoms with van der Waals surface area (Å²) in [6.45, 7) is 5.55. The fraction of sp³-hybridized carbons (Fsp3) is 0.538. The molecule has 2 heteroatoms. The molecule has 1 aliphatic rings. The molecule has 0 amide bonds. The molecule has 1 unspecified atom stereocenters. The van der Waals surface area contributed by atoms with Gasteiger partial charge in [-0.3, -0.25) is 0 Å². The maximum Gasteiger partial charge on any atom is 0.0210 e. The van der Waals surface area contributed by atoms with Crippen molar-refractivity contribution in [2.24, 2.45) is 5.92 Å². The van der Waals surface area contributed by atoms with E-state index in [1.807, 2.05) is 0 Å². The Morgan fingerprint density at radius 2 is 2.20 bits per heavy atom. The van der Waals surface area contributed by atoms with Gasteiger partial charge in [0.25, 0.3) is 0 Å². The third-order valence-corrected chi connectivity index (χ3v) is 3.77. The number of rotatable bonds is 3. The predicted octanol–water partition coefficient (Wildman–Crippen LogP) is 3.16. The molecule has 0 fully saturated rings. The average Bonchev–Trinajstić information content (AvgIpc) is 2.59. The van der Waals surface area contributed by atoms with Crippen LogP contribution in [0.3, 0.4) is 0 Å². The number of hydrogen-bond acceptors (Lipinski definition) is 1. The highest BCUT2D eigenvalue weighted by molar-refractivity contribution is 9.10. The first-order valence-electron chi connectivity index (χ1n) is 5.66. The zero-order valence-corrected chi connectivity index (χ0v) is 11.0. The molecule has 2 rings (SSSR count). The smallest absolute Gasteiger partial charge is 0.0210 e. The quantitative estimate of drug-likeness (QED) is 0.888. The topological polar surface area (TPSA) is 12.0 Å². The minimum Gasteiger partial charge on any atom is -0.314 e. The van der Waals surface area contributed by atoms with E-state index in [1.165, 1.54) is 28.4 Å². The highest BCUT2D eigenvalue weighted by Crippen LogP contribution is 2.31. The van der Waals surface area contributed by atoms with Crippen molar-refractivity contribution in [1.29, 1.82) is 0 Å². The second kappa shape index (κ2) is 4.67. The molecule has 0 radical (unpaired) electrons. The summed E-state index contributed by atoms with van der Waals surface area (Å²) in [7, 11) is 0. The highest BCUT2D eigenvalue weighted by Gasteiger charge is 2.22. The van der Waals surface area contributed by atoms with Crippen molar-refractivity contribution in [1.82, 2.24) is 5.32 Å². The lowest BCUT2D eigenvalue weighted by Gasteiger charge is -2.13. The fourth-order valence-electron chi connectivity index (χ4n) is 2.24. The largest absolute Gasteiger partial charge is 0.314 e. The molecule has 1 aromatic rings. The van der Waals surface area contributed by atoms with E-state index in [9.17, 15) is 0 Å². The van der Waals surface area contributed by atoms with Crippen LogP contribution >= 0.6 is 15.9 Å². The van der Waals surface area contributed by atoms with Crippen LogP contribution in [0.1, 0.15) is 25.0 Å². The Balaban J connectivity index is 2.00. The molecule has 0 saturated heterocycles. The van der Waals surface area contributed by atoms with E-state index >= 15 is 0 Å². The first kappa shape index (κ1) is 11.2. The van der Waals surface area contributed by atoms with Crippen molar-refractivity contribution >= 4 is 15.9 Å². The number of hydrogen-bond donors (Lipinski definition) is 1. The second-order valence-corrected chi connectivity index (χ2v) is 5.57. The minimum absolute atomic E-state index is 0.595. The fourth-order valence-corrected chi connectivity index (χ4v) is 2.81. The molecule has 1 aromatic carbocycles. The summed E-state index contributed by atoms with van der Waals surface area (Å²) in [5, 5.41) is 3.53. The van der Waals surface area contributed by atoms with E-state index in [1.54, 1.807) is 0 Å². The Hall–Kier alpha value is -0.340. The van der Waals surface area contributed by atoms with Gasteiger partial charge in [-0.2, -0.15) is 0 Å². The van der Waals surface area contributed by atoms with Gasteiger partial charge in [-0.1, -0.05) is 41.9 Å². The van der Waals surface area contributed by atoms with Crippen molar-refractivity contribution < 1.29 is 0 Å². The highest BCUT2D eigenvalue weighted by atomic mass is 79.9. The van der Waals surface area contributed by atoms with Gasteiger partial charge >= 0.3 is 0 Å². The van der Waals surface area contributed by atoms with Gasteiger partial charge in [-0.25, -0.2) is 0 Å². The van der Waals surface area contributed by atoms with Crippen LogP contribution in [0.4, 0.5) is 0 Å². The van der Waals surface area contributed by atoms with Crippen molar-refractivity contribution in [3.05, 3.63) is 33.8 Å². The normalized spacial score (nSPS) is 19.6. The first-order chi connectivity index (χ1) is 7.16. The average molecular weight is 268 g/mol. The zero-order chi connectivity index (χ0) is 10.8. The third kappa shape index (κ3) is 2.61. The molecule has 0 spiro atoms. The van der Waals surface area contributed by atoms with Crippen LogP contribution in [-0.2, 0) is 12.8 Å². The molecule has 0 heterocycles. The van der Waals surface area contributed by atoms with Crippen molar-refractivity contribution in [2.75, 3.05) is 6.54 Å². The van der Waals surface area contributed by atoms with Gasteiger partial charge in [-0.05, 0) is 42.5 Å². The van der Waals surface area contributed by atoms with Gasteiger partial charge in [-0.15, -0.1) is 0 Å². The summed E-state index contributed by atoms with van der Waals surface area (Å²) >= 11 is 3.63. The first-order valence-corrected chi connectivity index (χ1v) is 6.45. The summed E-state index contributed by atoms with van der Waals surface area (Å²) in [5.41, 5.74) is 3.05. The number of fused-ring (bicyclic) bond motifs is 1. The molecule has 15 heavy (non-hydrogen) atoms. The Morgan fingerprint density at radius 1 is 1.40 bits per heavy atom. The molecular weight excluding hydrogens is 250 g/mol. The van der Waals surface area contributed by atoms with Crippen molar-refractivity contribution in [3.63, 3.8) is 0 Å². The monoisotopic (exact) mass is 267 g/mol. The van der Waals surface area contributed by atoms with E-state index in [0.29, 0.717) is 6.04 Å². The molecule has 82 valence electrons. The third-order valence-electron chi connectivity index (χ3n) is 3.03. The second-order valence-electron chi connectivity index (χ2n) is 4.71. The predicted molar refractivity (Wildman–Crippen MR) is 68.2 cm³/mol. The number of benzene rings is 1. The standard InChI is InChI=1S/C13H18BrN/c1-9(2)15-8-10-6-11-4-3-5-13(14)12(11)7-10/h3-5,9-10,15H,6-8H2,1-2H3. The van der Waals surface area contributed by atoms with Crippen molar-refractivity contribution in [2.45, 2.75) is 32.7 Å².